The van der Waals surface area contributed by atoms with Gasteiger partial charge < -0.3 is 10.1 Å². The van der Waals surface area contributed by atoms with Crippen molar-refractivity contribution in [3.05, 3.63) is 29.8 Å². The highest BCUT2D eigenvalue weighted by Gasteiger charge is 2.08. The van der Waals surface area contributed by atoms with Gasteiger partial charge in [-0.15, -0.1) is 0 Å². The van der Waals surface area contributed by atoms with Gasteiger partial charge in [0.05, 0.1) is 12.8 Å². The van der Waals surface area contributed by atoms with Crippen LogP contribution in [0.25, 0.3) is 0 Å². The summed E-state index contributed by atoms with van der Waals surface area (Å²) < 4.78 is 5.28. The molecule has 6 heteroatoms. The Bertz CT molecular complexity index is 440. The molecule has 0 aliphatic carbocycles. The molecule has 0 fully saturated rings. The van der Waals surface area contributed by atoms with Crippen molar-refractivity contribution in [3.8, 4) is 5.75 Å². The average molecular weight is 249 g/mol. The second-order valence-electron chi connectivity index (χ2n) is 3.28. The highest BCUT2D eigenvalue weighted by atomic mass is 16.5. The maximum absolute atomic E-state index is 11.0. The molecule has 0 saturated carbocycles. The van der Waals surface area contributed by atoms with E-state index < -0.39 is 11.8 Å². The Labute approximate surface area is 105 Å². The first kappa shape index (κ1) is 13.7. The number of hydrogen-bond donors (Lipinski definition) is 2. The normalized spacial score (nSPS) is 10.1. The Balaban J connectivity index is 2.52. The molecule has 0 bridgehead atoms. The molecule has 0 aliphatic heterocycles. The Kier molecular flexibility index (Phi) is 5.37. The number of ether oxygens (including phenoxy) is 1. The molecule has 0 unspecified atom stereocenters. The maximum Gasteiger partial charge on any atom is 0.329 e. The predicted octanol–water partition coefficient (Wildman–Crippen LogP) is 0.281. The molecule has 0 atom stereocenters. The summed E-state index contributed by atoms with van der Waals surface area (Å²) >= 11 is 0. The lowest BCUT2D eigenvalue weighted by Crippen LogP contribution is -2.35. The first-order valence-electron chi connectivity index (χ1n) is 5.45. The molecule has 0 radical (unpaired) electrons. The highest BCUT2D eigenvalue weighted by molar-refractivity contribution is 6.34. The summed E-state index contributed by atoms with van der Waals surface area (Å²) in [6, 6.07) is 7.18. The molecule has 0 saturated heterocycles. The van der Waals surface area contributed by atoms with Crippen molar-refractivity contribution in [3.63, 3.8) is 0 Å². The van der Waals surface area contributed by atoms with Crippen molar-refractivity contribution in [1.82, 2.24) is 10.7 Å². The summed E-state index contributed by atoms with van der Waals surface area (Å²) in [5.41, 5.74) is 2.90. The molecule has 0 aliphatic rings. The first-order chi connectivity index (χ1) is 8.67. The number of hydrazone groups is 1. The molecule has 0 aromatic heterocycles. The number of rotatable bonds is 4. The Hall–Kier alpha value is -2.37. The number of nitrogens with one attached hydrogen (secondary N) is 2. The van der Waals surface area contributed by atoms with Crippen molar-refractivity contribution in [2.75, 3.05) is 13.7 Å². The van der Waals surface area contributed by atoms with E-state index in [0.717, 1.165) is 11.3 Å². The van der Waals surface area contributed by atoms with Crippen LogP contribution < -0.4 is 15.5 Å². The summed E-state index contributed by atoms with van der Waals surface area (Å²) in [5.74, 6) is -0.775. The van der Waals surface area contributed by atoms with Crippen LogP contribution in [0.5, 0.6) is 5.75 Å². The number of benzene rings is 1. The van der Waals surface area contributed by atoms with Crippen molar-refractivity contribution in [2.45, 2.75) is 6.92 Å². The van der Waals surface area contributed by atoms with Crippen LogP contribution in [-0.2, 0) is 9.59 Å². The van der Waals surface area contributed by atoms with Gasteiger partial charge in [0.15, 0.2) is 0 Å². The minimum absolute atomic E-state index is 0.607. The molecule has 96 valence electrons. The topological polar surface area (TPSA) is 79.8 Å². The Morgan fingerprint density at radius 2 is 1.94 bits per heavy atom. The largest absolute Gasteiger partial charge is 0.494 e. The second-order valence-corrected chi connectivity index (χ2v) is 3.28. The van der Waals surface area contributed by atoms with Crippen LogP contribution in [0.2, 0.25) is 0 Å². The van der Waals surface area contributed by atoms with Gasteiger partial charge in [0.25, 0.3) is 0 Å². The lowest BCUT2D eigenvalue weighted by atomic mass is 10.2. The van der Waals surface area contributed by atoms with Crippen LogP contribution in [0.1, 0.15) is 12.5 Å². The summed E-state index contributed by atoms with van der Waals surface area (Å²) in [7, 11) is 1.37. The third-order valence-electron chi connectivity index (χ3n) is 2.00. The number of hydrogen-bond acceptors (Lipinski definition) is 4. The maximum atomic E-state index is 11.0. The van der Waals surface area contributed by atoms with Crippen LogP contribution >= 0.6 is 0 Å². The summed E-state index contributed by atoms with van der Waals surface area (Å²) in [6.07, 6.45) is 1.44. The van der Waals surface area contributed by atoms with E-state index in [-0.39, 0.29) is 0 Å². The fourth-order valence-electron chi connectivity index (χ4n) is 1.15. The molecule has 18 heavy (non-hydrogen) atoms. The number of carbonyl (C=O) groups excluding carboxylic acids is 2. The van der Waals surface area contributed by atoms with Gasteiger partial charge in [-0.05, 0) is 36.8 Å². The monoisotopic (exact) mass is 249 g/mol. The standard InChI is InChI=1S/C12H15N3O3/c1-3-18-10-6-4-9(5-7-10)8-14-15-12(17)11(16)13-2/h4-8H,3H2,1-2H3,(H,13,16)(H,15,17)/b14-8-. The lowest BCUT2D eigenvalue weighted by molar-refractivity contribution is -0.138. The van der Waals surface area contributed by atoms with E-state index in [1.165, 1.54) is 13.3 Å². The third kappa shape index (κ3) is 4.25. The van der Waals surface area contributed by atoms with Crippen molar-refractivity contribution in [1.29, 1.82) is 0 Å². The number of nitrogens with zero attached hydrogens (tertiary/aromatic N) is 1. The number of carbonyl (C=O) groups is 2. The van der Waals surface area contributed by atoms with E-state index in [1.807, 2.05) is 6.92 Å². The van der Waals surface area contributed by atoms with E-state index in [9.17, 15) is 9.59 Å². The Morgan fingerprint density at radius 1 is 1.28 bits per heavy atom. The fourth-order valence-corrected chi connectivity index (χ4v) is 1.15. The van der Waals surface area contributed by atoms with Gasteiger partial charge in [-0.1, -0.05) is 0 Å². The summed E-state index contributed by atoms with van der Waals surface area (Å²) in [6.45, 7) is 2.51. The SMILES string of the molecule is CCOc1ccc(/C=N\NC(=O)C(=O)NC)cc1. The molecule has 1 rings (SSSR count). The molecule has 6 nitrogen and oxygen atoms in total. The van der Waals surface area contributed by atoms with Crippen molar-refractivity contribution < 1.29 is 14.3 Å². The van der Waals surface area contributed by atoms with Gasteiger partial charge in [0.2, 0.25) is 0 Å². The van der Waals surface area contributed by atoms with E-state index in [0.29, 0.717) is 6.61 Å². The molecule has 0 spiro atoms. The zero-order chi connectivity index (χ0) is 13.4. The zero-order valence-corrected chi connectivity index (χ0v) is 10.3. The van der Waals surface area contributed by atoms with Crippen LogP contribution in [0.4, 0.5) is 0 Å². The quantitative estimate of drug-likeness (QED) is 0.457. The molecule has 2 N–H and O–H groups in total. The zero-order valence-electron chi connectivity index (χ0n) is 10.3. The van der Waals surface area contributed by atoms with Gasteiger partial charge in [-0.25, -0.2) is 5.43 Å². The van der Waals surface area contributed by atoms with Crippen LogP contribution in [-0.4, -0.2) is 31.7 Å². The highest BCUT2D eigenvalue weighted by Crippen LogP contribution is 2.10. The van der Waals surface area contributed by atoms with Crippen molar-refractivity contribution in [2.24, 2.45) is 5.10 Å². The van der Waals surface area contributed by atoms with Gasteiger partial charge in [-0.2, -0.15) is 5.10 Å². The summed E-state index contributed by atoms with van der Waals surface area (Å²) in [4.78, 5) is 21.9. The van der Waals surface area contributed by atoms with Crippen LogP contribution in [0.3, 0.4) is 0 Å². The minimum atomic E-state index is -0.806. The molecule has 1 aromatic rings. The van der Waals surface area contributed by atoms with Crippen LogP contribution in [0.15, 0.2) is 29.4 Å². The second kappa shape index (κ2) is 7.05. The van der Waals surface area contributed by atoms with Gasteiger partial charge in [-0.3, -0.25) is 9.59 Å². The van der Waals surface area contributed by atoms with E-state index in [2.05, 4.69) is 15.8 Å². The average Bonchev–Trinajstić information content (AvgIpc) is 2.40. The third-order valence-corrected chi connectivity index (χ3v) is 2.00. The molecule has 1 aromatic carbocycles. The molecule has 2 amide bonds. The Morgan fingerprint density at radius 3 is 2.50 bits per heavy atom. The van der Waals surface area contributed by atoms with Gasteiger partial charge in [0, 0.05) is 7.05 Å². The summed E-state index contributed by atoms with van der Waals surface area (Å²) in [5, 5.41) is 5.85. The van der Waals surface area contributed by atoms with Crippen LogP contribution in [0, 0.1) is 0 Å². The van der Waals surface area contributed by atoms with Gasteiger partial charge in [0.1, 0.15) is 5.75 Å². The van der Waals surface area contributed by atoms with E-state index in [4.69, 9.17) is 4.74 Å². The first-order valence-corrected chi connectivity index (χ1v) is 5.45. The van der Waals surface area contributed by atoms with E-state index in [1.54, 1.807) is 24.3 Å². The van der Waals surface area contributed by atoms with Gasteiger partial charge >= 0.3 is 11.8 Å². The number of likely N-dealkylation sites (N-methyl/N-ethyl adjacent to an activating group) is 1. The molecule has 0 heterocycles. The molecular formula is C12H15N3O3. The van der Waals surface area contributed by atoms with E-state index >= 15 is 0 Å². The number of amides is 2. The fraction of sp³-hybridized carbons (Fsp3) is 0.250. The molecular weight excluding hydrogens is 234 g/mol. The lowest BCUT2D eigenvalue weighted by Gasteiger charge is -2.02. The predicted molar refractivity (Wildman–Crippen MR) is 67.4 cm³/mol. The minimum Gasteiger partial charge on any atom is -0.494 e. The van der Waals surface area contributed by atoms with Crippen molar-refractivity contribution >= 4 is 18.0 Å². The smallest absolute Gasteiger partial charge is 0.329 e.